The zero-order valence-electron chi connectivity index (χ0n) is 22.3. The Bertz CT molecular complexity index is 1480. The predicted octanol–water partition coefficient (Wildman–Crippen LogP) is 2.72. The summed E-state index contributed by atoms with van der Waals surface area (Å²) < 4.78 is 51.9. The van der Waals surface area contributed by atoms with Gasteiger partial charge in [0.05, 0.1) is 12.4 Å². The Morgan fingerprint density at radius 3 is 2.75 bits per heavy atom. The third-order valence-electron chi connectivity index (χ3n) is 5.97. The van der Waals surface area contributed by atoms with E-state index in [4.69, 9.17) is 30.7 Å². The SMILES string of the molecule is C#C[C@]1(COP(=O)(NC(C)(C)C(=O)OC(C)C)Oc2ccccc2)O[C@@H](n2cnc3c(N)nc(F)nc32)C[C@@H]1O. The summed E-state index contributed by atoms with van der Waals surface area (Å²) in [6, 6.07) is 8.13. The highest BCUT2D eigenvalue weighted by Gasteiger charge is 2.51. The summed E-state index contributed by atoms with van der Waals surface area (Å²) in [5.41, 5.74) is 2.56. The number of anilines is 1. The number of rotatable bonds is 10. The van der Waals surface area contributed by atoms with Gasteiger partial charge in [0, 0.05) is 6.42 Å². The van der Waals surface area contributed by atoms with Gasteiger partial charge in [0.15, 0.2) is 22.6 Å². The topological polar surface area (TPSA) is 173 Å². The van der Waals surface area contributed by atoms with Crippen LogP contribution in [0.25, 0.3) is 11.2 Å². The Labute approximate surface area is 229 Å². The molecule has 0 radical (unpaired) electrons. The number of terminal acetylenes is 1. The van der Waals surface area contributed by atoms with Crippen LogP contribution in [0.2, 0.25) is 0 Å². The second kappa shape index (κ2) is 11.1. The van der Waals surface area contributed by atoms with Gasteiger partial charge in [-0.3, -0.25) is 13.9 Å². The number of nitrogen functional groups attached to an aromatic ring is 1. The Kier molecular flexibility index (Phi) is 8.16. The number of para-hydroxylation sites is 1. The Morgan fingerprint density at radius 1 is 1.40 bits per heavy atom. The van der Waals surface area contributed by atoms with Crippen LogP contribution in [0.15, 0.2) is 36.7 Å². The first-order valence-corrected chi connectivity index (χ1v) is 13.8. The van der Waals surface area contributed by atoms with Crippen molar-refractivity contribution in [1.29, 1.82) is 0 Å². The molecule has 0 saturated carbocycles. The first kappa shape index (κ1) is 29.4. The van der Waals surface area contributed by atoms with Gasteiger partial charge >= 0.3 is 19.8 Å². The molecule has 1 unspecified atom stereocenters. The zero-order valence-corrected chi connectivity index (χ0v) is 23.2. The lowest BCUT2D eigenvalue weighted by Gasteiger charge is -2.32. The average Bonchev–Trinajstić information content (AvgIpc) is 3.44. The van der Waals surface area contributed by atoms with Gasteiger partial charge in [-0.1, -0.05) is 24.1 Å². The number of benzene rings is 1. The molecule has 3 aromatic rings. The lowest BCUT2D eigenvalue weighted by atomic mass is 9.99. The molecule has 13 nitrogen and oxygen atoms in total. The maximum Gasteiger partial charge on any atom is 0.459 e. The van der Waals surface area contributed by atoms with Crippen molar-refractivity contribution in [3.8, 4) is 18.1 Å². The summed E-state index contributed by atoms with van der Waals surface area (Å²) >= 11 is 0. The Balaban J connectivity index is 1.60. The van der Waals surface area contributed by atoms with Crippen molar-refractivity contribution >= 4 is 30.7 Å². The number of aliphatic hydroxyl groups excluding tert-OH is 1. The van der Waals surface area contributed by atoms with E-state index in [1.54, 1.807) is 44.2 Å². The molecule has 1 aliphatic heterocycles. The Hall–Kier alpha value is -3.60. The molecular weight excluding hydrogens is 546 g/mol. The Morgan fingerprint density at radius 2 is 2.10 bits per heavy atom. The predicted molar refractivity (Wildman–Crippen MR) is 141 cm³/mol. The van der Waals surface area contributed by atoms with Crippen molar-refractivity contribution in [2.24, 2.45) is 0 Å². The summed E-state index contributed by atoms with van der Waals surface area (Å²) in [5.74, 6) is 1.68. The van der Waals surface area contributed by atoms with Crippen molar-refractivity contribution in [3.63, 3.8) is 0 Å². The number of carbonyl (C=O) groups is 1. The van der Waals surface area contributed by atoms with E-state index in [-0.39, 0.29) is 29.2 Å². The lowest BCUT2D eigenvalue weighted by Crippen LogP contribution is -2.49. The van der Waals surface area contributed by atoms with Crippen molar-refractivity contribution in [2.45, 2.75) is 63.7 Å². The van der Waals surface area contributed by atoms with Gasteiger partial charge in [0.2, 0.25) is 0 Å². The quantitative estimate of drug-likeness (QED) is 0.140. The number of halogens is 1. The molecule has 1 aromatic carbocycles. The smallest absolute Gasteiger partial charge is 0.459 e. The fraction of sp³-hybridized carbons (Fsp3) is 0.440. The maximum absolute atomic E-state index is 14.0. The number of nitrogens with one attached hydrogen (secondary N) is 1. The highest BCUT2D eigenvalue weighted by molar-refractivity contribution is 7.52. The van der Waals surface area contributed by atoms with E-state index in [0.717, 1.165) is 0 Å². The van der Waals surface area contributed by atoms with Crippen LogP contribution >= 0.6 is 7.75 Å². The normalized spacial score (nSPS) is 22.6. The lowest BCUT2D eigenvalue weighted by molar-refractivity contribution is -0.153. The number of carbonyl (C=O) groups excluding carboxylic acids is 1. The number of hydrogen-bond donors (Lipinski definition) is 3. The summed E-state index contributed by atoms with van der Waals surface area (Å²) in [6.45, 7) is 5.63. The largest absolute Gasteiger partial charge is 0.462 e. The van der Waals surface area contributed by atoms with E-state index in [0.29, 0.717) is 0 Å². The van der Waals surface area contributed by atoms with Gasteiger partial charge in [0.25, 0.3) is 0 Å². The van der Waals surface area contributed by atoms with Gasteiger partial charge < -0.3 is 24.8 Å². The van der Waals surface area contributed by atoms with Crippen LogP contribution in [0, 0.1) is 18.4 Å². The van der Waals surface area contributed by atoms with Crippen LogP contribution < -0.4 is 15.3 Å². The highest BCUT2D eigenvalue weighted by atomic mass is 31.2. The van der Waals surface area contributed by atoms with Gasteiger partial charge in [-0.2, -0.15) is 19.4 Å². The van der Waals surface area contributed by atoms with Crippen LogP contribution in [0.1, 0.15) is 40.3 Å². The monoisotopic (exact) mass is 576 g/mol. The van der Waals surface area contributed by atoms with Crippen molar-refractivity contribution in [1.82, 2.24) is 24.6 Å². The number of aromatic nitrogens is 4. The van der Waals surface area contributed by atoms with E-state index < -0.39 is 56.0 Å². The van der Waals surface area contributed by atoms with Crippen molar-refractivity contribution < 1.29 is 37.4 Å². The standard InChI is InChI=1S/C25H30FN6O7P/c1-6-25(17(33)12-18(38-25)32-14-28-19-20(27)29-23(26)30-21(19)32)13-36-40(35,39-16-10-8-7-9-11-16)31-24(4,5)22(34)37-15(2)3/h1,7-11,14-15,17-18,33H,12-13H2,2-5H3,(H,31,35)(H2,27,29,30)/t17-,18+,25+,40?/m0/s1. The number of hydrogen-bond acceptors (Lipinski definition) is 11. The summed E-state index contributed by atoms with van der Waals surface area (Å²) in [4.78, 5) is 24.0. The van der Waals surface area contributed by atoms with Gasteiger partial charge in [-0.05, 0) is 39.8 Å². The van der Waals surface area contributed by atoms with Gasteiger partial charge in [0.1, 0.15) is 30.2 Å². The molecule has 214 valence electrons. The molecule has 0 aliphatic carbocycles. The third kappa shape index (κ3) is 6.09. The van der Waals surface area contributed by atoms with Crippen molar-refractivity contribution in [2.75, 3.05) is 12.3 Å². The molecule has 1 saturated heterocycles. The van der Waals surface area contributed by atoms with Crippen molar-refractivity contribution in [3.05, 3.63) is 42.7 Å². The molecule has 0 bridgehead atoms. The number of nitrogens with zero attached hydrogens (tertiary/aromatic N) is 4. The van der Waals surface area contributed by atoms with E-state index in [1.807, 2.05) is 0 Å². The first-order valence-electron chi connectivity index (χ1n) is 12.3. The van der Waals surface area contributed by atoms with E-state index in [1.165, 1.54) is 24.7 Å². The second-order valence-corrected chi connectivity index (χ2v) is 11.6. The number of fused-ring (bicyclic) bond motifs is 1. The number of imidazole rings is 1. The molecule has 2 aromatic heterocycles. The van der Waals surface area contributed by atoms with Crippen LogP contribution in [-0.4, -0.2) is 60.5 Å². The molecule has 40 heavy (non-hydrogen) atoms. The molecule has 1 fully saturated rings. The molecule has 15 heteroatoms. The van der Waals surface area contributed by atoms with E-state index in [9.17, 15) is 18.9 Å². The summed E-state index contributed by atoms with van der Waals surface area (Å²) in [7, 11) is -4.37. The number of nitrogens with two attached hydrogens (primary N) is 1. The fourth-order valence-electron chi connectivity index (χ4n) is 3.98. The fourth-order valence-corrected chi connectivity index (χ4v) is 5.68. The number of ether oxygens (including phenoxy) is 2. The van der Waals surface area contributed by atoms with Gasteiger partial charge in [-0.15, -0.1) is 6.42 Å². The van der Waals surface area contributed by atoms with Crippen LogP contribution in [0.5, 0.6) is 5.75 Å². The van der Waals surface area contributed by atoms with Gasteiger partial charge in [-0.25, -0.2) is 9.55 Å². The summed E-state index contributed by atoms with van der Waals surface area (Å²) in [5, 5.41) is 13.6. The molecular formula is C25H30FN6O7P. The molecule has 4 rings (SSSR count). The van der Waals surface area contributed by atoms with E-state index >= 15 is 0 Å². The summed E-state index contributed by atoms with van der Waals surface area (Å²) in [6.07, 6.45) is 3.21. The van der Waals surface area contributed by atoms with Crippen LogP contribution in [0.4, 0.5) is 10.2 Å². The minimum atomic E-state index is -4.37. The van der Waals surface area contributed by atoms with E-state index in [2.05, 4.69) is 26.0 Å². The molecule has 0 spiro atoms. The number of aliphatic hydroxyl groups is 1. The molecule has 4 N–H and O–H groups in total. The number of esters is 1. The molecule has 0 amide bonds. The van der Waals surface area contributed by atoms with Crippen LogP contribution in [-0.2, 0) is 23.4 Å². The molecule has 1 aliphatic rings. The second-order valence-electron chi connectivity index (χ2n) is 9.93. The highest BCUT2D eigenvalue weighted by Crippen LogP contribution is 2.49. The van der Waals surface area contributed by atoms with Crippen LogP contribution in [0.3, 0.4) is 0 Å². The minimum Gasteiger partial charge on any atom is -0.462 e. The molecule has 3 heterocycles. The zero-order chi connectivity index (χ0) is 29.3. The third-order valence-corrected chi connectivity index (χ3v) is 7.73. The first-order chi connectivity index (χ1) is 18.8. The maximum atomic E-state index is 14.0. The minimum absolute atomic E-state index is 0.0288. The average molecular weight is 577 g/mol. The molecule has 4 atom stereocenters.